The molecule has 0 aliphatic carbocycles. The van der Waals surface area contributed by atoms with Crippen LogP contribution in [0.1, 0.15) is 0 Å². The van der Waals surface area contributed by atoms with Gasteiger partial charge in [-0.15, -0.1) is 21.5 Å². The van der Waals surface area contributed by atoms with Crippen molar-refractivity contribution >= 4 is 60.0 Å². The molecule has 0 amide bonds. The van der Waals surface area contributed by atoms with Crippen LogP contribution < -0.4 is 0 Å². The van der Waals surface area contributed by atoms with Crippen molar-refractivity contribution in [3.63, 3.8) is 0 Å². The molecule has 0 radical (unpaired) electrons. The molecular weight excluding hydrogens is 651 g/mol. The number of benzene rings is 5. The quantitative estimate of drug-likeness (QED) is 0.147. The molecule has 0 unspecified atom stereocenters. The minimum absolute atomic E-state index is 0.112. The molecule has 0 fully saturated rings. The maximum Gasteiger partial charge on any atom is 0.139 e. The summed E-state index contributed by atoms with van der Waals surface area (Å²) in [6.07, 6.45) is 3.55. The molecule has 10 aromatic rings. The van der Waals surface area contributed by atoms with Crippen molar-refractivity contribution in [1.29, 1.82) is 0 Å². The van der Waals surface area contributed by atoms with Crippen LogP contribution in [-0.2, 0) is 0 Å². The monoisotopic (exact) mass is 673 g/mol. The second kappa shape index (κ2) is 10.3. The van der Waals surface area contributed by atoms with E-state index in [0.717, 1.165) is 26.9 Å². The van der Waals surface area contributed by atoms with Crippen LogP contribution in [0.3, 0.4) is 0 Å². The molecule has 5 aromatic carbocycles. The highest BCUT2D eigenvalue weighted by Crippen LogP contribution is 2.53. The Hall–Kier alpha value is -6.92. The van der Waals surface area contributed by atoms with E-state index in [-0.39, 0.29) is 44.9 Å². The zero-order valence-corrected chi connectivity index (χ0v) is 26.6. The van der Waals surface area contributed by atoms with E-state index in [2.05, 4.69) is 15.2 Å². The summed E-state index contributed by atoms with van der Waals surface area (Å²) in [4.78, 5) is 10.9. The van der Waals surface area contributed by atoms with E-state index in [4.69, 9.17) is 4.98 Å². The number of thiazole rings is 1. The van der Waals surface area contributed by atoms with Gasteiger partial charge in [0.1, 0.15) is 44.7 Å². The number of phenols is 4. The van der Waals surface area contributed by atoms with Gasteiger partial charge in [-0.05, 0) is 60.7 Å². The van der Waals surface area contributed by atoms with Crippen LogP contribution >= 0.6 is 11.3 Å². The average Bonchev–Trinajstić information content (AvgIpc) is 3.91. The highest BCUT2D eigenvalue weighted by atomic mass is 32.1. The number of pyridine rings is 1. The van der Waals surface area contributed by atoms with Gasteiger partial charge in [0, 0.05) is 30.2 Å². The molecule has 0 bridgehead atoms. The number of nitrogens with zero attached hydrogens (tertiary/aromatic N) is 7. The topological polar surface area (TPSA) is 147 Å². The van der Waals surface area contributed by atoms with E-state index >= 15 is 0 Å². The molecule has 10 rings (SSSR count). The van der Waals surface area contributed by atoms with Crippen molar-refractivity contribution in [1.82, 2.24) is 33.9 Å². The number of rotatable bonds is 4. The summed E-state index contributed by atoms with van der Waals surface area (Å²) in [5, 5.41) is 57.3. The fourth-order valence-corrected chi connectivity index (χ4v) is 7.76. The van der Waals surface area contributed by atoms with Gasteiger partial charge < -0.3 is 29.4 Å². The summed E-state index contributed by atoms with van der Waals surface area (Å²) in [6.45, 7) is 0. The van der Waals surface area contributed by atoms with Gasteiger partial charge in [0.05, 0.1) is 54.5 Å². The van der Waals surface area contributed by atoms with E-state index in [1.165, 1.54) is 17.4 Å². The number of hydrogen-bond acceptors (Lipinski definition) is 9. The van der Waals surface area contributed by atoms with Gasteiger partial charge in [0.2, 0.25) is 0 Å². The Kier molecular flexibility index (Phi) is 5.79. The molecule has 5 heterocycles. The van der Waals surface area contributed by atoms with Gasteiger partial charge >= 0.3 is 0 Å². The molecule has 50 heavy (non-hydrogen) atoms. The molecular formula is C38H23N7O4S. The molecule has 12 heteroatoms. The summed E-state index contributed by atoms with van der Waals surface area (Å²) in [5.74, 6) is -0.922. The Balaban J connectivity index is 1.24. The van der Waals surface area contributed by atoms with E-state index in [0.29, 0.717) is 33.1 Å². The Bertz CT molecular complexity index is 2750. The number of imidazole rings is 1. The molecule has 0 aliphatic rings. The summed E-state index contributed by atoms with van der Waals surface area (Å²) in [5.41, 5.74) is 5.65. The SMILES string of the molecule is Oc1cc2c(c(O)c1-c1cn3ccccc3n1)c1c(O)c(-c3nc4ccccc4s3)c(O)cc1n2-c1ccc(-n2nc3ccccc3n2)cc1. The average molecular weight is 674 g/mol. The predicted molar refractivity (Wildman–Crippen MR) is 193 cm³/mol. The Labute approximate surface area is 285 Å². The van der Waals surface area contributed by atoms with Crippen LogP contribution in [0.4, 0.5) is 0 Å². The smallest absolute Gasteiger partial charge is 0.139 e. The molecule has 5 aromatic heterocycles. The van der Waals surface area contributed by atoms with Crippen molar-refractivity contribution in [3.8, 4) is 56.2 Å². The lowest BCUT2D eigenvalue weighted by atomic mass is 10.0. The van der Waals surface area contributed by atoms with Crippen molar-refractivity contribution in [2.24, 2.45) is 0 Å². The van der Waals surface area contributed by atoms with Crippen molar-refractivity contribution in [2.45, 2.75) is 0 Å². The van der Waals surface area contributed by atoms with Gasteiger partial charge in [0.15, 0.2) is 0 Å². The Morgan fingerprint density at radius 1 is 0.580 bits per heavy atom. The van der Waals surface area contributed by atoms with Gasteiger partial charge in [-0.1, -0.05) is 30.3 Å². The van der Waals surface area contributed by atoms with Crippen LogP contribution in [0.25, 0.3) is 81.9 Å². The molecule has 0 spiro atoms. The molecule has 0 saturated heterocycles. The van der Waals surface area contributed by atoms with Crippen molar-refractivity contribution in [2.75, 3.05) is 0 Å². The molecule has 11 nitrogen and oxygen atoms in total. The highest BCUT2D eigenvalue weighted by Gasteiger charge is 2.28. The lowest BCUT2D eigenvalue weighted by Crippen LogP contribution is -2.00. The van der Waals surface area contributed by atoms with E-state index in [1.807, 2.05) is 97.2 Å². The molecule has 0 atom stereocenters. The second-order valence-electron chi connectivity index (χ2n) is 11.9. The van der Waals surface area contributed by atoms with Crippen molar-refractivity contribution < 1.29 is 20.4 Å². The lowest BCUT2D eigenvalue weighted by Gasteiger charge is -2.11. The van der Waals surface area contributed by atoms with Crippen LogP contribution in [0, 0.1) is 0 Å². The third-order valence-corrected chi connectivity index (χ3v) is 10.1. The number of aromatic nitrogens is 7. The van der Waals surface area contributed by atoms with Gasteiger partial charge in [0.25, 0.3) is 0 Å². The summed E-state index contributed by atoms with van der Waals surface area (Å²) >= 11 is 1.34. The Morgan fingerprint density at radius 2 is 1.18 bits per heavy atom. The predicted octanol–water partition coefficient (Wildman–Crippen LogP) is 7.93. The molecule has 0 aliphatic heterocycles. The largest absolute Gasteiger partial charge is 0.507 e. The zero-order chi connectivity index (χ0) is 33.7. The lowest BCUT2D eigenvalue weighted by molar-refractivity contribution is 0.455. The molecule has 240 valence electrons. The van der Waals surface area contributed by atoms with E-state index in [9.17, 15) is 20.4 Å². The third-order valence-electron chi connectivity index (χ3n) is 9.00. The third kappa shape index (κ3) is 4.02. The molecule has 4 N–H and O–H groups in total. The van der Waals surface area contributed by atoms with Crippen molar-refractivity contribution in [3.05, 3.63) is 116 Å². The zero-order valence-electron chi connectivity index (χ0n) is 25.8. The van der Waals surface area contributed by atoms with Crippen LogP contribution in [-0.4, -0.2) is 54.4 Å². The standard InChI is InChI=1S/C38H23N7O4S/c46-28-17-26-33(36(48)32(28)25-19-43-16-6-5-11-31(43)39-25)34-27(18-29(47)35(37(34)49)38-40-24-9-3-4-10-30(24)50-38)44(26)20-12-14-21(15-13-20)45-41-22-7-1-2-8-23(22)42-45/h1-19,46-49H. The minimum Gasteiger partial charge on any atom is -0.507 e. The van der Waals surface area contributed by atoms with Gasteiger partial charge in [-0.2, -0.15) is 4.80 Å². The summed E-state index contributed by atoms with van der Waals surface area (Å²) < 4.78 is 4.46. The van der Waals surface area contributed by atoms with Crippen LogP contribution in [0.5, 0.6) is 23.0 Å². The summed E-state index contributed by atoms with van der Waals surface area (Å²) in [6, 6.07) is 31.2. The fourth-order valence-electron chi connectivity index (χ4n) is 6.74. The highest BCUT2D eigenvalue weighted by molar-refractivity contribution is 7.21. The second-order valence-corrected chi connectivity index (χ2v) is 13.0. The fraction of sp³-hybridized carbons (Fsp3) is 0. The number of aromatic hydroxyl groups is 4. The minimum atomic E-state index is -0.271. The maximum atomic E-state index is 12.1. The first-order chi connectivity index (χ1) is 24.4. The first kappa shape index (κ1) is 28.1. The number of fused-ring (bicyclic) bond motifs is 6. The van der Waals surface area contributed by atoms with Gasteiger partial charge in [-0.25, -0.2) is 9.97 Å². The van der Waals surface area contributed by atoms with Crippen LogP contribution in [0.2, 0.25) is 0 Å². The number of phenolic OH excluding ortho intramolecular Hbond substituents is 4. The normalized spacial score (nSPS) is 11.9. The van der Waals surface area contributed by atoms with Crippen LogP contribution in [0.15, 0.2) is 116 Å². The van der Waals surface area contributed by atoms with E-state index < -0.39 is 0 Å². The summed E-state index contributed by atoms with van der Waals surface area (Å²) in [7, 11) is 0. The first-order valence-electron chi connectivity index (χ1n) is 15.6. The number of para-hydroxylation sites is 1. The maximum absolute atomic E-state index is 12.1. The van der Waals surface area contributed by atoms with E-state index in [1.54, 1.807) is 26.0 Å². The Morgan fingerprint density at radius 3 is 1.86 bits per heavy atom. The number of hydrogen-bond donors (Lipinski definition) is 4. The molecule has 0 saturated carbocycles. The van der Waals surface area contributed by atoms with Gasteiger partial charge in [-0.3, -0.25) is 0 Å². The first-order valence-corrected chi connectivity index (χ1v) is 16.5.